The predicted octanol–water partition coefficient (Wildman–Crippen LogP) is 4.33. The Morgan fingerprint density at radius 3 is 2.14 bits per heavy atom. The quantitative estimate of drug-likeness (QED) is 0.648. The maximum absolute atomic E-state index is 13.4. The van der Waals surface area contributed by atoms with E-state index in [-0.39, 0.29) is 6.10 Å². The highest BCUT2D eigenvalue weighted by Gasteiger charge is 2.41. The first-order chi connectivity index (χ1) is 13.5. The van der Waals surface area contributed by atoms with Crippen LogP contribution in [-0.2, 0) is 21.2 Å². The molecule has 0 amide bonds. The van der Waals surface area contributed by atoms with E-state index in [1.165, 1.54) is 4.31 Å². The fourth-order valence-corrected chi connectivity index (χ4v) is 5.01. The monoisotopic (exact) mass is 393 g/mol. The summed E-state index contributed by atoms with van der Waals surface area (Å²) in [6.07, 6.45) is -0.316. The lowest BCUT2D eigenvalue weighted by Gasteiger charge is -2.22. The van der Waals surface area contributed by atoms with Gasteiger partial charge in [0.15, 0.2) is 0 Å². The van der Waals surface area contributed by atoms with Crippen LogP contribution in [0.25, 0.3) is 0 Å². The van der Waals surface area contributed by atoms with Gasteiger partial charge >= 0.3 is 0 Å². The molecule has 1 saturated heterocycles. The molecular weight excluding hydrogens is 370 g/mol. The maximum Gasteiger partial charge on any atom is 0.245 e. The number of benzene rings is 3. The third kappa shape index (κ3) is 3.87. The van der Waals surface area contributed by atoms with Gasteiger partial charge in [-0.25, -0.2) is 8.42 Å². The van der Waals surface area contributed by atoms with Crippen molar-refractivity contribution in [1.29, 1.82) is 0 Å². The lowest BCUT2D eigenvalue weighted by atomic mass is 10.1. The molecular formula is C23H23NO3S. The average Bonchev–Trinajstić information content (AvgIpc) is 3.14. The summed E-state index contributed by atoms with van der Waals surface area (Å²) in [5.74, 6) is 0. The van der Waals surface area contributed by atoms with Crippen LogP contribution in [0.5, 0.6) is 0 Å². The largest absolute Gasteiger partial charge is 0.352 e. The van der Waals surface area contributed by atoms with Gasteiger partial charge in [0, 0.05) is 13.0 Å². The van der Waals surface area contributed by atoms with Crippen molar-refractivity contribution in [2.24, 2.45) is 0 Å². The van der Waals surface area contributed by atoms with Gasteiger partial charge in [-0.05, 0) is 30.2 Å². The zero-order valence-electron chi connectivity index (χ0n) is 15.7. The maximum atomic E-state index is 13.4. The first-order valence-electron chi connectivity index (χ1n) is 9.37. The zero-order chi connectivity index (χ0) is 19.6. The number of nitrogens with zero attached hydrogens (tertiary/aromatic N) is 1. The van der Waals surface area contributed by atoms with Crippen molar-refractivity contribution >= 4 is 10.0 Å². The third-order valence-corrected chi connectivity index (χ3v) is 6.91. The Bertz CT molecular complexity index is 1020. The zero-order valence-corrected chi connectivity index (χ0v) is 16.5. The molecule has 0 aliphatic carbocycles. The van der Waals surface area contributed by atoms with Gasteiger partial charge in [-0.1, -0.05) is 78.4 Å². The topological polar surface area (TPSA) is 46.6 Å². The van der Waals surface area contributed by atoms with Crippen molar-refractivity contribution in [1.82, 2.24) is 4.31 Å². The van der Waals surface area contributed by atoms with Crippen molar-refractivity contribution in [2.75, 3.05) is 6.54 Å². The molecule has 3 aromatic carbocycles. The standard InChI is InChI=1S/C23H23NO3S/c1-18-12-14-21(15-13-18)28(25,26)24-17-22(20-10-6-3-7-11-20)27-23(24)16-19-8-4-2-5-9-19/h2-15,22-23H,16-17H2,1H3/t22-,23-/m1/s1. The number of hydrogen-bond donors (Lipinski definition) is 0. The summed E-state index contributed by atoms with van der Waals surface area (Å²) in [6, 6.07) is 26.6. The van der Waals surface area contributed by atoms with Gasteiger partial charge in [0.2, 0.25) is 10.0 Å². The molecule has 0 bridgehead atoms. The van der Waals surface area contributed by atoms with Gasteiger partial charge < -0.3 is 4.74 Å². The van der Waals surface area contributed by atoms with Crippen LogP contribution in [0.15, 0.2) is 89.8 Å². The Morgan fingerprint density at radius 1 is 0.893 bits per heavy atom. The summed E-state index contributed by atoms with van der Waals surface area (Å²) in [7, 11) is -3.66. The average molecular weight is 394 g/mol. The lowest BCUT2D eigenvalue weighted by molar-refractivity contribution is 0.0220. The van der Waals surface area contributed by atoms with E-state index in [9.17, 15) is 8.42 Å². The summed E-state index contributed by atoms with van der Waals surface area (Å²) in [5.41, 5.74) is 3.06. The smallest absolute Gasteiger partial charge is 0.245 e. The van der Waals surface area contributed by atoms with Crippen molar-refractivity contribution in [3.05, 3.63) is 102 Å². The number of rotatable bonds is 5. The second-order valence-electron chi connectivity index (χ2n) is 7.07. The van der Waals surface area contributed by atoms with Crippen molar-refractivity contribution in [3.8, 4) is 0 Å². The van der Waals surface area contributed by atoms with E-state index in [1.54, 1.807) is 12.1 Å². The van der Waals surface area contributed by atoms with Crippen molar-refractivity contribution in [3.63, 3.8) is 0 Å². The second kappa shape index (κ2) is 7.87. The van der Waals surface area contributed by atoms with E-state index >= 15 is 0 Å². The highest BCUT2D eigenvalue weighted by Crippen LogP contribution is 2.34. The fourth-order valence-electron chi connectivity index (χ4n) is 3.50. The van der Waals surface area contributed by atoms with Gasteiger partial charge in [-0.3, -0.25) is 0 Å². The molecule has 28 heavy (non-hydrogen) atoms. The molecule has 0 saturated carbocycles. The van der Waals surface area contributed by atoms with E-state index in [0.29, 0.717) is 17.9 Å². The van der Waals surface area contributed by atoms with E-state index in [4.69, 9.17) is 4.74 Å². The van der Waals surface area contributed by atoms with Crippen LogP contribution in [0, 0.1) is 6.92 Å². The molecule has 1 fully saturated rings. The minimum Gasteiger partial charge on any atom is -0.352 e. The first kappa shape index (κ1) is 18.9. The molecule has 4 nitrogen and oxygen atoms in total. The molecule has 0 spiro atoms. The van der Waals surface area contributed by atoms with Crippen LogP contribution in [0.2, 0.25) is 0 Å². The summed E-state index contributed by atoms with van der Waals surface area (Å²) in [4.78, 5) is 0.300. The van der Waals surface area contributed by atoms with Crippen LogP contribution in [0.3, 0.4) is 0 Å². The normalized spacial score (nSPS) is 20.3. The number of hydrogen-bond acceptors (Lipinski definition) is 3. The Labute approximate surface area is 166 Å². The molecule has 1 aliphatic rings. The number of sulfonamides is 1. The van der Waals surface area contributed by atoms with Gasteiger partial charge in [0.05, 0.1) is 11.0 Å². The van der Waals surface area contributed by atoms with Crippen LogP contribution < -0.4 is 0 Å². The third-order valence-electron chi connectivity index (χ3n) is 5.04. The molecule has 144 valence electrons. The molecule has 0 N–H and O–H groups in total. The van der Waals surface area contributed by atoms with Crippen LogP contribution >= 0.6 is 0 Å². The van der Waals surface area contributed by atoms with E-state index in [0.717, 1.165) is 16.7 Å². The summed E-state index contributed by atoms with van der Waals surface area (Å²) in [6.45, 7) is 2.25. The van der Waals surface area contributed by atoms with Crippen LogP contribution in [0.4, 0.5) is 0 Å². The van der Waals surface area contributed by atoms with Crippen molar-refractivity contribution < 1.29 is 13.2 Å². The molecule has 0 unspecified atom stereocenters. The molecule has 3 aromatic rings. The summed E-state index contributed by atoms with van der Waals surface area (Å²) >= 11 is 0. The molecule has 4 rings (SSSR count). The Morgan fingerprint density at radius 2 is 1.50 bits per heavy atom. The lowest BCUT2D eigenvalue weighted by Crippen LogP contribution is -2.37. The highest BCUT2D eigenvalue weighted by atomic mass is 32.2. The van der Waals surface area contributed by atoms with E-state index < -0.39 is 16.3 Å². The summed E-state index contributed by atoms with van der Waals surface area (Å²) in [5, 5.41) is 0. The Hall–Kier alpha value is -2.47. The molecule has 1 heterocycles. The Kier molecular flexibility index (Phi) is 5.31. The summed E-state index contributed by atoms with van der Waals surface area (Å²) < 4.78 is 34.5. The Balaban J connectivity index is 1.67. The molecule has 1 aliphatic heterocycles. The number of ether oxygens (including phenoxy) is 1. The minimum atomic E-state index is -3.66. The van der Waals surface area contributed by atoms with Gasteiger partial charge in [0.1, 0.15) is 6.23 Å². The van der Waals surface area contributed by atoms with Gasteiger partial charge in [0.25, 0.3) is 0 Å². The van der Waals surface area contributed by atoms with Crippen molar-refractivity contribution in [2.45, 2.75) is 30.6 Å². The van der Waals surface area contributed by atoms with Crippen LogP contribution in [-0.4, -0.2) is 25.5 Å². The SMILES string of the molecule is Cc1ccc(S(=O)(=O)N2C[C@H](c3ccccc3)O[C@@H]2Cc2ccccc2)cc1. The second-order valence-corrected chi connectivity index (χ2v) is 8.96. The minimum absolute atomic E-state index is 0.282. The molecule has 5 heteroatoms. The van der Waals surface area contributed by atoms with Gasteiger partial charge in [-0.15, -0.1) is 0 Å². The predicted molar refractivity (Wildman–Crippen MR) is 109 cm³/mol. The van der Waals surface area contributed by atoms with E-state index in [2.05, 4.69) is 0 Å². The molecule has 0 aromatic heterocycles. The van der Waals surface area contributed by atoms with Gasteiger partial charge in [-0.2, -0.15) is 4.31 Å². The first-order valence-corrected chi connectivity index (χ1v) is 10.8. The highest BCUT2D eigenvalue weighted by molar-refractivity contribution is 7.89. The van der Waals surface area contributed by atoms with E-state index in [1.807, 2.05) is 79.7 Å². The molecule has 0 radical (unpaired) electrons. The molecule has 2 atom stereocenters. The number of aryl methyl sites for hydroxylation is 1. The van der Waals surface area contributed by atoms with Crippen LogP contribution in [0.1, 0.15) is 22.8 Å². The fraction of sp³-hybridized carbons (Fsp3) is 0.217.